The average Bonchev–Trinajstić information content (AvgIpc) is 3.33. The van der Waals surface area contributed by atoms with Crippen LogP contribution in [0.2, 0.25) is 0 Å². The molecule has 3 aromatic heterocycles. The second kappa shape index (κ2) is 7.54. The van der Waals surface area contributed by atoms with Crippen molar-refractivity contribution < 1.29 is 13.2 Å². The fourth-order valence-electron chi connectivity index (χ4n) is 2.85. The Bertz CT molecular complexity index is 1370. The summed E-state index contributed by atoms with van der Waals surface area (Å²) in [5, 5.41) is 6.95. The number of rotatable bonds is 5. The first-order valence-corrected chi connectivity index (χ1v) is 12.1. The molecule has 4 aromatic rings. The highest BCUT2D eigenvalue weighted by Crippen LogP contribution is 2.33. The third-order valence-corrected chi connectivity index (χ3v) is 7.11. The zero-order chi connectivity index (χ0) is 20.6. The molecule has 0 saturated heterocycles. The number of anilines is 1. The van der Waals surface area contributed by atoms with Crippen LogP contribution in [-0.2, 0) is 21.2 Å². The molecule has 0 aliphatic carbocycles. The van der Waals surface area contributed by atoms with Gasteiger partial charge in [-0.1, -0.05) is 12.1 Å². The van der Waals surface area contributed by atoms with E-state index in [1.807, 2.05) is 22.9 Å². The standard InChI is InChI=1S/C19H15N3O4S3/c1-29(25,26)13-5-2-4-12(8-13)21-16(23)9-22-11-20-18-17(19(22)24)14(10-28-18)15-6-3-7-27-15/h2-8,10-11H,9H2,1H3,(H,21,23). The Balaban J connectivity index is 1.61. The molecule has 1 N–H and O–H groups in total. The van der Waals surface area contributed by atoms with Gasteiger partial charge in [-0.05, 0) is 29.6 Å². The molecule has 29 heavy (non-hydrogen) atoms. The van der Waals surface area contributed by atoms with Crippen LogP contribution in [0.4, 0.5) is 5.69 Å². The number of thiophene rings is 2. The van der Waals surface area contributed by atoms with E-state index < -0.39 is 15.7 Å². The van der Waals surface area contributed by atoms with Crippen molar-refractivity contribution in [3.8, 4) is 10.4 Å². The first-order chi connectivity index (χ1) is 13.8. The Morgan fingerprint density at radius 1 is 1.21 bits per heavy atom. The van der Waals surface area contributed by atoms with Crippen LogP contribution in [0.15, 0.2) is 63.2 Å². The number of aromatic nitrogens is 2. The normalized spacial score (nSPS) is 11.6. The number of carbonyl (C=O) groups excluding carboxylic acids is 1. The van der Waals surface area contributed by atoms with Crippen LogP contribution < -0.4 is 10.9 Å². The van der Waals surface area contributed by atoms with E-state index in [0.717, 1.165) is 16.7 Å². The van der Waals surface area contributed by atoms with Gasteiger partial charge in [-0.2, -0.15) is 0 Å². The number of benzene rings is 1. The van der Waals surface area contributed by atoms with E-state index in [4.69, 9.17) is 0 Å². The van der Waals surface area contributed by atoms with Crippen molar-refractivity contribution in [2.24, 2.45) is 0 Å². The summed E-state index contributed by atoms with van der Waals surface area (Å²) in [6.45, 7) is -0.232. The first kappa shape index (κ1) is 19.5. The second-order valence-corrected chi connectivity index (χ2v) is 10.2. The van der Waals surface area contributed by atoms with Crippen LogP contribution in [0.5, 0.6) is 0 Å². The van der Waals surface area contributed by atoms with Crippen LogP contribution in [0.1, 0.15) is 0 Å². The Morgan fingerprint density at radius 3 is 2.76 bits per heavy atom. The molecule has 1 aromatic carbocycles. The van der Waals surface area contributed by atoms with Crippen molar-refractivity contribution in [1.29, 1.82) is 0 Å². The molecule has 0 saturated carbocycles. The molecule has 0 spiro atoms. The van der Waals surface area contributed by atoms with Crippen LogP contribution in [0.25, 0.3) is 20.7 Å². The number of nitrogens with zero attached hydrogens (tertiary/aromatic N) is 2. The summed E-state index contributed by atoms with van der Waals surface area (Å²) in [5.74, 6) is -0.452. The van der Waals surface area contributed by atoms with Gasteiger partial charge in [-0.25, -0.2) is 13.4 Å². The fourth-order valence-corrected chi connectivity index (χ4v) is 5.24. The molecule has 0 radical (unpaired) electrons. The number of sulfone groups is 1. The Kier molecular flexibility index (Phi) is 5.07. The summed E-state index contributed by atoms with van der Waals surface area (Å²) in [5.41, 5.74) is 0.864. The van der Waals surface area contributed by atoms with Gasteiger partial charge < -0.3 is 5.32 Å². The Labute approximate surface area is 174 Å². The zero-order valence-corrected chi connectivity index (χ0v) is 17.6. The van der Waals surface area contributed by atoms with Gasteiger partial charge in [0.1, 0.15) is 11.4 Å². The van der Waals surface area contributed by atoms with Gasteiger partial charge in [0.2, 0.25) is 5.91 Å². The lowest BCUT2D eigenvalue weighted by atomic mass is 10.2. The summed E-state index contributed by atoms with van der Waals surface area (Å²) in [4.78, 5) is 31.4. The van der Waals surface area contributed by atoms with Crippen molar-refractivity contribution in [3.63, 3.8) is 0 Å². The van der Waals surface area contributed by atoms with Crippen LogP contribution in [0, 0.1) is 0 Å². The van der Waals surface area contributed by atoms with Gasteiger partial charge in [0.25, 0.3) is 5.56 Å². The number of hydrogen-bond acceptors (Lipinski definition) is 7. The van der Waals surface area contributed by atoms with Crippen LogP contribution >= 0.6 is 22.7 Å². The Hall–Kier alpha value is -2.82. The highest BCUT2D eigenvalue weighted by Gasteiger charge is 2.15. The lowest BCUT2D eigenvalue weighted by molar-refractivity contribution is -0.116. The third-order valence-electron chi connectivity index (χ3n) is 4.21. The molecule has 148 valence electrons. The molecular weight excluding hydrogens is 430 g/mol. The minimum absolute atomic E-state index is 0.106. The molecule has 0 atom stereocenters. The minimum Gasteiger partial charge on any atom is -0.324 e. The fraction of sp³-hybridized carbons (Fsp3) is 0.105. The molecule has 1 amide bonds. The molecule has 0 unspecified atom stereocenters. The van der Waals surface area contributed by atoms with E-state index >= 15 is 0 Å². The van der Waals surface area contributed by atoms with E-state index in [9.17, 15) is 18.0 Å². The summed E-state index contributed by atoms with van der Waals surface area (Å²) in [7, 11) is -3.39. The average molecular weight is 446 g/mol. The molecule has 4 rings (SSSR count). The summed E-state index contributed by atoms with van der Waals surface area (Å²) in [6, 6.07) is 9.82. The maximum absolute atomic E-state index is 13.0. The highest BCUT2D eigenvalue weighted by atomic mass is 32.2. The molecule has 3 heterocycles. The predicted molar refractivity (Wildman–Crippen MR) is 115 cm³/mol. The maximum atomic E-state index is 13.0. The third kappa shape index (κ3) is 4.00. The molecule has 0 aliphatic heterocycles. The van der Waals surface area contributed by atoms with E-state index in [2.05, 4.69) is 10.3 Å². The van der Waals surface area contributed by atoms with Crippen molar-refractivity contribution >= 4 is 54.3 Å². The largest absolute Gasteiger partial charge is 0.324 e. The van der Waals surface area contributed by atoms with Crippen molar-refractivity contribution in [2.75, 3.05) is 11.6 Å². The van der Waals surface area contributed by atoms with E-state index in [0.29, 0.717) is 15.9 Å². The zero-order valence-electron chi connectivity index (χ0n) is 15.2. The van der Waals surface area contributed by atoms with E-state index in [-0.39, 0.29) is 17.0 Å². The van der Waals surface area contributed by atoms with Gasteiger partial charge in [0.15, 0.2) is 9.84 Å². The minimum atomic E-state index is -3.39. The summed E-state index contributed by atoms with van der Waals surface area (Å²) >= 11 is 2.92. The summed E-state index contributed by atoms with van der Waals surface area (Å²) in [6.07, 6.45) is 2.45. The van der Waals surface area contributed by atoms with E-state index in [1.165, 1.54) is 45.7 Å². The Morgan fingerprint density at radius 2 is 2.03 bits per heavy atom. The molecule has 0 fully saturated rings. The molecule has 0 aliphatic rings. The lowest BCUT2D eigenvalue weighted by Crippen LogP contribution is -2.27. The van der Waals surface area contributed by atoms with Crippen molar-refractivity contribution in [2.45, 2.75) is 11.4 Å². The van der Waals surface area contributed by atoms with Gasteiger partial charge in [-0.3, -0.25) is 14.2 Å². The molecule has 0 bridgehead atoms. The smallest absolute Gasteiger partial charge is 0.263 e. The van der Waals surface area contributed by atoms with Gasteiger partial charge in [0, 0.05) is 27.8 Å². The molecule has 10 heteroatoms. The van der Waals surface area contributed by atoms with Crippen molar-refractivity contribution in [1.82, 2.24) is 9.55 Å². The van der Waals surface area contributed by atoms with Gasteiger partial charge >= 0.3 is 0 Å². The second-order valence-electron chi connectivity index (χ2n) is 6.33. The highest BCUT2D eigenvalue weighted by molar-refractivity contribution is 7.90. The van der Waals surface area contributed by atoms with Crippen LogP contribution in [-0.4, -0.2) is 30.1 Å². The number of hydrogen-bond donors (Lipinski definition) is 1. The van der Waals surface area contributed by atoms with Crippen LogP contribution in [0.3, 0.4) is 0 Å². The van der Waals surface area contributed by atoms with Gasteiger partial charge in [0.05, 0.1) is 16.6 Å². The number of nitrogens with one attached hydrogen (secondary N) is 1. The monoisotopic (exact) mass is 445 g/mol. The quantitative estimate of drug-likeness (QED) is 0.509. The van der Waals surface area contributed by atoms with E-state index in [1.54, 1.807) is 12.1 Å². The first-order valence-electron chi connectivity index (χ1n) is 8.43. The number of carbonyl (C=O) groups is 1. The lowest BCUT2D eigenvalue weighted by Gasteiger charge is -2.08. The summed E-state index contributed by atoms with van der Waals surface area (Å²) < 4.78 is 24.6. The molecule has 7 nitrogen and oxygen atoms in total. The molecular formula is C19H15N3O4S3. The number of amides is 1. The predicted octanol–water partition coefficient (Wildman–Crippen LogP) is 3.23. The van der Waals surface area contributed by atoms with Crippen molar-refractivity contribution in [3.05, 3.63) is 63.8 Å². The number of fused-ring (bicyclic) bond motifs is 1. The topological polar surface area (TPSA) is 98.1 Å². The van der Waals surface area contributed by atoms with Gasteiger partial charge in [-0.15, -0.1) is 22.7 Å². The maximum Gasteiger partial charge on any atom is 0.263 e. The SMILES string of the molecule is CS(=O)(=O)c1cccc(NC(=O)Cn2cnc3scc(-c4cccs4)c3c2=O)c1.